The van der Waals surface area contributed by atoms with E-state index in [1.165, 1.54) is 12.8 Å². The lowest BCUT2D eigenvalue weighted by molar-refractivity contribution is -0.101. The third-order valence-corrected chi connectivity index (χ3v) is 7.92. The van der Waals surface area contributed by atoms with Crippen LogP contribution in [0.2, 0.25) is 0 Å². The topological polar surface area (TPSA) is 80.2 Å². The molecule has 0 aromatic rings. The van der Waals surface area contributed by atoms with E-state index in [1.807, 2.05) is 9.80 Å². The molecule has 6 rings (SSSR count). The van der Waals surface area contributed by atoms with Crippen LogP contribution < -0.4 is 10.6 Å². The second kappa shape index (κ2) is 6.89. The molecule has 4 fully saturated rings. The van der Waals surface area contributed by atoms with Crippen LogP contribution in [0.1, 0.15) is 78.1 Å². The van der Waals surface area contributed by atoms with Crippen LogP contribution in [0, 0.1) is 5.41 Å². The Bertz CT molecular complexity index is 736. The zero-order chi connectivity index (χ0) is 20.2. The highest BCUT2D eigenvalue weighted by atomic mass is 16.3. The van der Waals surface area contributed by atoms with E-state index >= 15 is 0 Å². The molecule has 160 valence electrons. The van der Waals surface area contributed by atoms with Gasteiger partial charge in [0.2, 0.25) is 0 Å². The summed E-state index contributed by atoms with van der Waals surface area (Å²) >= 11 is 0. The highest BCUT2D eigenvalue weighted by molar-refractivity contribution is 6.11. The molecule has 3 heterocycles. The minimum absolute atomic E-state index is 0.00782. The monoisotopic (exact) mass is 401 g/mol. The van der Waals surface area contributed by atoms with Gasteiger partial charge in [-0.1, -0.05) is 26.7 Å². The first kappa shape index (κ1) is 19.2. The van der Waals surface area contributed by atoms with Crippen LogP contribution in [0.3, 0.4) is 0 Å². The van der Waals surface area contributed by atoms with Gasteiger partial charge >= 0.3 is 6.03 Å². The minimum atomic E-state index is -0.442. The Labute approximate surface area is 173 Å². The van der Waals surface area contributed by atoms with E-state index in [2.05, 4.69) is 24.5 Å². The van der Waals surface area contributed by atoms with Gasteiger partial charge in [0.25, 0.3) is 0 Å². The number of amides is 2. The van der Waals surface area contributed by atoms with Gasteiger partial charge in [0.05, 0.1) is 5.60 Å². The number of carbonyl (C=O) groups excluding carboxylic acids is 1. The number of nitrogens with zero attached hydrogens (tertiary/aromatic N) is 3. The molecule has 0 aromatic heterocycles. The molecule has 6 aliphatic rings. The predicted octanol–water partition coefficient (Wildman–Crippen LogP) is 2.88. The van der Waals surface area contributed by atoms with Crippen molar-refractivity contribution < 1.29 is 9.90 Å². The summed E-state index contributed by atoms with van der Waals surface area (Å²) in [5, 5.41) is 18.0. The Morgan fingerprint density at radius 3 is 2.48 bits per heavy atom. The lowest BCUT2D eigenvalue weighted by Gasteiger charge is -2.52. The number of urea groups is 1. The molecule has 1 saturated heterocycles. The molecule has 2 atom stereocenters. The summed E-state index contributed by atoms with van der Waals surface area (Å²) in [5.74, 6) is 1.77. The molecular formula is C22H35N5O2. The van der Waals surface area contributed by atoms with E-state index in [1.54, 1.807) is 0 Å². The molecule has 3 aliphatic heterocycles. The van der Waals surface area contributed by atoms with Crippen molar-refractivity contribution in [2.75, 3.05) is 13.1 Å². The van der Waals surface area contributed by atoms with Crippen LogP contribution in [0.5, 0.6) is 0 Å². The number of nitrogens with one attached hydrogen (secondary N) is 2. The van der Waals surface area contributed by atoms with Gasteiger partial charge in [0.1, 0.15) is 17.7 Å². The fraction of sp³-hybridized carbons (Fsp3) is 0.818. The van der Waals surface area contributed by atoms with Crippen molar-refractivity contribution in [2.45, 2.75) is 95.9 Å². The summed E-state index contributed by atoms with van der Waals surface area (Å²) in [5.41, 5.74) is 0.680. The maximum Gasteiger partial charge on any atom is 0.331 e. The number of carbonyl (C=O) groups is 1. The van der Waals surface area contributed by atoms with E-state index in [4.69, 9.17) is 4.99 Å². The van der Waals surface area contributed by atoms with Crippen molar-refractivity contribution in [3.05, 3.63) is 11.5 Å². The van der Waals surface area contributed by atoms with Gasteiger partial charge in [0.15, 0.2) is 5.84 Å². The molecule has 3 aliphatic carbocycles. The van der Waals surface area contributed by atoms with Crippen molar-refractivity contribution >= 4 is 11.9 Å². The highest BCUT2D eigenvalue weighted by Gasteiger charge is 2.55. The van der Waals surface area contributed by atoms with Gasteiger partial charge in [0, 0.05) is 24.5 Å². The van der Waals surface area contributed by atoms with Crippen molar-refractivity contribution in [1.29, 1.82) is 0 Å². The van der Waals surface area contributed by atoms with Crippen molar-refractivity contribution in [3.63, 3.8) is 0 Å². The van der Waals surface area contributed by atoms with E-state index < -0.39 is 5.60 Å². The summed E-state index contributed by atoms with van der Waals surface area (Å²) in [6, 6.07) is 0.389. The van der Waals surface area contributed by atoms with Crippen molar-refractivity contribution in [3.8, 4) is 0 Å². The molecule has 7 heteroatoms. The number of fused-ring (bicyclic) bond motifs is 5. The first-order valence-corrected chi connectivity index (χ1v) is 11.7. The summed E-state index contributed by atoms with van der Waals surface area (Å²) in [6.07, 6.45) is 10.0. The van der Waals surface area contributed by atoms with E-state index in [9.17, 15) is 9.90 Å². The fourth-order valence-electron chi connectivity index (χ4n) is 5.98. The summed E-state index contributed by atoms with van der Waals surface area (Å²) in [4.78, 5) is 22.2. The highest BCUT2D eigenvalue weighted by Crippen LogP contribution is 2.55. The quantitative estimate of drug-likeness (QED) is 0.639. The van der Waals surface area contributed by atoms with Crippen LogP contribution >= 0.6 is 0 Å². The van der Waals surface area contributed by atoms with E-state index in [0.29, 0.717) is 12.6 Å². The van der Waals surface area contributed by atoms with E-state index in [0.717, 1.165) is 75.3 Å². The fourth-order valence-corrected chi connectivity index (χ4v) is 5.98. The number of hydrogen-bond acceptors (Lipinski definition) is 5. The summed E-state index contributed by atoms with van der Waals surface area (Å²) in [7, 11) is 0. The first-order valence-electron chi connectivity index (χ1n) is 11.7. The van der Waals surface area contributed by atoms with Gasteiger partial charge in [-0.05, 0) is 51.4 Å². The minimum Gasteiger partial charge on any atom is -0.390 e. The standard InChI is InChI=1S/C22H35N5O2/c1-3-5-6-15-14-27-17(23-15)16-18(26(13-4-2)20(27)28)25-19(24-16)21-7-10-22(29,11-8-21)12-9-21/h15,19,23-24,29H,3-14H2,1-2H3/t15-,19?,21?,22?/m1/s1. The Hall–Kier alpha value is -1.76. The van der Waals surface area contributed by atoms with Crippen molar-refractivity contribution in [1.82, 2.24) is 20.4 Å². The molecule has 29 heavy (non-hydrogen) atoms. The second-order valence-corrected chi connectivity index (χ2v) is 9.84. The van der Waals surface area contributed by atoms with Crippen LogP contribution in [0.25, 0.3) is 0 Å². The largest absolute Gasteiger partial charge is 0.390 e. The molecule has 2 bridgehead atoms. The SMILES string of the molecule is CCCC[C@@H]1CN2C(=O)N(CCC)C3=NC(C45CCC(O)(CC4)CC5)NC3=C2N1. The van der Waals surface area contributed by atoms with Crippen LogP contribution in [0.4, 0.5) is 4.79 Å². The third-order valence-electron chi connectivity index (χ3n) is 7.92. The van der Waals surface area contributed by atoms with Gasteiger partial charge in [-0.25, -0.2) is 9.79 Å². The number of amidine groups is 1. The molecule has 3 N–H and O–H groups in total. The number of hydrogen-bond donors (Lipinski definition) is 3. The Morgan fingerprint density at radius 2 is 1.83 bits per heavy atom. The average Bonchev–Trinajstić information content (AvgIpc) is 3.35. The molecule has 0 spiro atoms. The maximum atomic E-state index is 13.3. The number of unbranched alkanes of at least 4 members (excludes halogenated alkanes) is 1. The Balaban J connectivity index is 1.46. The molecule has 1 unspecified atom stereocenters. The lowest BCUT2D eigenvalue weighted by Crippen LogP contribution is -2.54. The number of aliphatic hydroxyl groups is 1. The molecule has 3 saturated carbocycles. The van der Waals surface area contributed by atoms with Gasteiger partial charge < -0.3 is 15.7 Å². The number of rotatable bonds is 6. The molecular weight excluding hydrogens is 366 g/mol. The zero-order valence-corrected chi connectivity index (χ0v) is 17.8. The average molecular weight is 402 g/mol. The normalized spacial score (nSPS) is 38.0. The summed E-state index contributed by atoms with van der Waals surface area (Å²) in [6.45, 7) is 5.77. The first-order chi connectivity index (χ1) is 14.0. The van der Waals surface area contributed by atoms with E-state index in [-0.39, 0.29) is 17.6 Å². The molecule has 2 amide bonds. The molecule has 0 aromatic carbocycles. The predicted molar refractivity (Wildman–Crippen MR) is 112 cm³/mol. The molecule has 0 radical (unpaired) electrons. The Kier molecular flexibility index (Phi) is 4.57. The van der Waals surface area contributed by atoms with Crippen molar-refractivity contribution in [2.24, 2.45) is 10.4 Å². The van der Waals surface area contributed by atoms with Gasteiger partial charge in [-0.15, -0.1) is 0 Å². The van der Waals surface area contributed by atoms with Gasteiger partial charge in [-0.3, -0.25) is 9.80 Å². The molecule has 7 nitrogen and oxygen atoms in total. The third kappa shape index (κ3) is 2.95. The van der Waals surface area contributed by atoms with Crippen LogP contribution in [-0.2, 0) is 0 Å². The second-order valence-electron chi connectivity index (χ2n) is 9.84. The van der Waals surface area contributed by atoms with Crippen LogP contribution in [-0.4, -0.2) is 57.7 Å². The summed E-state index contributed by atoms with van der Waals surface area (Å²) < 4.78 is 0. The lowest BCUT2D eigenvalue weighted by atomic mass is 9.57. The van der Waals surface area contributed by atoms with Crippen LogP contribution in [0.15, 0.2) is 16.5 Å². The van der Waals surface area contributed by atoms with Gasteiger partial charge in [-0.2, -0.15) is 0 Å². The Morgan fingerprint density at radius 1 is 1.10 bits per heavy atom. The number of aliphatic imine (C=N–C) groups is 1. The maximum absolute atomic E-state index is 13.3. The zero-order valence-electron chi connectivity index (χ0n) is 17.8. The smallest absolute Gasteiger partial charge is 0.331 e.